The van der Waals surface area contributed by atoms with Gasteiger partial charge in [-0.1, -0.05) is 43.0 Å². The Labute approximate surface area is 194 Å². The lowest BCUT2D eigenvalue weighted by Gasteiger charge is -2.13. The summed E-state index contributed by atoms with van der Waals surface area (Å²) in [5, 5.41) is 5.31. The van der Waals surface area contributed by atoms with Gasteiger partial charge in [0, 0.05) is 5.69 Å². The van der Waals surface area contributed by atoms with Crippen LogP contribution in [0.4, 0.5) is 5.69 Å². The number of amides is 1. The molecule has 0 aliphatic rings. The van der Waals surface area contributed by atoms with Crippen molar-refractivity contribution in [1.82, 2.24) is 9.55 Å². The molecule has 4 aromatic rings. The van der Waals surface area contributed by atoms with E-state index in [-0.39, 0.29) is 17.2 Å². The van der Waals surface area contributed by atoms with Crippen molar-refractivity contribution < 1.29 is 9.53 Å². The highest BCUT2D eigenvalue weighted by atomic mass is 32.2. The summed E-state index contributed by atoms with van der Waals surface area (Å²) in [6, 6.07) is 17.2. The summed E-state index contributed by atoms with van der Waals surface area (Å²) in [5.41, 5.74) is 3.44. The Morgan fingerprint density at radius 2 is 1.97 bits per heavy atom. The van der Waals surface area contributed by atoms with Gasteiger partial charge in [-0.15, -0.1) is 11.3 Å². The van der Waals surface area contributed by atoms with Gasteiger partial charge in [-0.05, 0) is 53.3 Å². The highest BCUT2D eigenvalue weighted by Gasteiger charge is 2.15. The van der Waals surface area contributed by atoms with E-state index in [1.54, 1.807) is 11.7 Å². The van der Waals surface area contributed by atoms with Gasteiger partial charge < -0.3 is 10.1 Å². The van der Waals surface area contributed by atoms with E-state index < -0.39 is 0 Å². The largest absolute Gasteiger partial charge is 0.497 e. The molecule has 0 aliphatic carbocycles. The number of aromatic nitrogens is 2. The molecule has 2 aromatic heterocycles. The molecule has 0 atom stereocenters. The summed E-state index contributed by atoms with van der Waals surface area (Å²) in [7, 11) is 1.62. The van der Waals surface area contributed by atoms with Crippen molar-refractivity contribution in [2.24, 2.45) is 0 Å². The molecule has 0 saturated carbocycles. The van der Waals surface area contributed by atoms with E-state index >= 15 is 0 Å². The van der Waals surface area contributed by atoms with Crippen molar-refractivity contribution in [3.63, 3.8) is 0 Å². The molecule has 2 heterocycles. The van der Waals surface area contributed by atoms with Gasteiger partial charge in [0.25, 0.3) is 5.56 Å². The number of hydrogen-bond acceptors (Lipinski definition) is 6. The van der Waals surface area contributed by atoms with Gasteiger partial charge in [0.2, 0.25) is 5.91 Å². The number of thiophene rings is 1. The number of ether oxygens (including phenoxy) is 1. The number of benzene rings is 2. The summed E-state index contributed by atoms with van der Waals surface area (Å²) in [5.74, 6) is 0.770. The predicted molar refractivity (Wildman–Crippen MR) is 131 cm³/mol. The van der Waals surface area contributed by atoms with Crippen LogP contribution >= 0.6 is 23.1 Å². The van der Waals surface area contributed by atoms with Crippen LogP contribution in [0.15, 0.2) is 69.9 Å². The maximum Gasteiger partial charge on any atom is 0.272 e. The first-order valence-corrected chi connectivity index (χ1v) is 12.1. The van der Waals surface area contributed by atoms with Gasteiger partial charge >= 0.3 is 0 Å². The Balaban J connectivity index is 1.55. The third-order valence-electron chi connectivity index (χ3n) is 4.98. The third-order valence-corrected chi connectivity index (χ3v) is 6.85. The number of fused-ring (bicyclic) bond motifs is 1. The molecule has 0 spiro atoms. The fourth-order valence-corrected chi connectivity index (χ4v) is 4.86. The monoisotopic (exact) mass is 465 g/mol. The van der Waals surface area contributed by atoms with E-state index in [1.165, 1.54) is 23.1 Å². The van der Waals surface area contributed by atoms with Crippen molar-refractivity contribution >= 4 is 44.9 Å². The van der Waals surface area contributed by atoms with E-state index in [0.717, 1.165) is 29.0 Å². The molecule has 4 rings (SSSR count). The second-order valence-electron chi connectivity index (χ2n) is 7.16. The molecule has 32 heavy (non-hydrogen) atoms. The van der Waals surface area contributed by atoms with Gasteiger partial charge in [-0.25, -0.2) is 4.98 Å². The zero-order chi connectivity index (χ0) is 22.5. The minimum Gasteiger partial charge on any atom is -0.497 e. The number of carbonyl (C=O) groups excluding carboxylic acids is 1. The molecule has 2 aromatic carbocycles. The Kier molecular flexibility index (Phi) is 6.92. The Morgan fingerprint density at radius 3 is 2.72 bits per heavy atom. The zero-order valence-corrected chi connectivity index (χ0v) is 19.5. The Morgan fingerprint density at radius 1 is 1.16 bits per heavy atom. The number of nitrogens with zero attached hydrogens (tertiary/aromatic N) is 2. The summed E-state index contributed by atoms with van der Waals surface area (Å²) in [4.78, 5) is 30.4. The SMILES string of the molecule is CCc1cccc(NC(=O)CSc2nc3ccsc3c(=O)n2Cc2ccc(OC)cc2)c1. The van der Waals surface area contributed by atoms with Crippen molar-refractivity contribution in [1.29, 1.82) is 0 Å². The molecule has 1 N–H and O–H groups in total. The van der Waals surface area contributed by atoms with Crippen molar-refractivity contribution in [2.45, 2.75) is 25.0 Å². The van der Waals surface area contributed by atoms with Gasteiger partial charge in [0.05, 0.1) is 24.9 Å². The first kappa shape index (κ1) is 22.1. The summed E-state index contributed by atoms with van der Waals surface area (Å²) < 4.78 is 7.46. The van der Waals surface area contributed by atoms with Crippen LogP contribution in [-0.2, 0) is 17.8 Å². The van der Waals surface area contributed by atoms with Crippen LogP contribution < -0.4 is 15.6 Å². The van der Waals surface area contributed by atoms with E-state index in [2.05, 4.69) is 17.2 Å². The normalized spacial score (nSPS) is 10.9. The Hall–Kier alpha value is -3.10. The molecule has 0 saturated heterocycles. The number of thioether (sulfide) groups is 1. The molecule has 0 unspecified atom stereocenters. The number of carbonyl (C=O) groups is 1. The quantitative estimate of drug-likeness (QED) is 0.299. The number of hydrogen-bond donors (Lipinski definition) is 1. The van der Waals surface area contributed by atoms with E-state index in [1.807, 2.05) is 60.0 Å². The van der Waals surface area contributed by atoms with Crippen molar-refractivity contribution in [3.8, 4) is 5.75 Å². The lowest BCUT2D eigenvalue weighted by Crippen LogP contribution is -2.24. The number of rotatable bonds is 8. The van der Waals surface area contributed by atoms with E-state index in [4.69, 9.17) is 4.74 Å². The average molecular weight is 466 g/mol. The van der Waals surface area contributed by atoms with Crippen molar-refractivity contribution in [2.75, 3.05) is 18.2 Å². The maximum atomic E-state index is 13.1. The summed E-state index contributed by atoms with van der Waals surface area (Å²) in [6.45, 7) is 2.44. The minimum absolute atomic E-state index is 0.0978. The van der Waals surface area contributed by atoms with Gasteiger partial charge in [-0.3, -0.25) is 14.2 Å². The van der Waals surface area contributed by atoms with E-state index in [9.17, 15) is 9.59 Å². The molecule has 8 heteroatoms. The zero-order valence-electron chi connectivity index (χ0n) is 17.8. The fourth-order valence-electron chi connectivity index (χ4n) is 3.28. The minimum atomic E-state index is -0.140. The van der Waals surface area contributed by atoms with Crippen LogP contribution in [0.5, 0.6) is 5.75 Å². The van der Waals surface area contributed by atoms with E-state index in [0.29, 0.717) is 21.9 Å². The molecule has 1 amide bonds. The molecule has 6 nitrogen and oxygen atoms in total. The third kappa shape index (κ3) is 5.03. The van der Waals surface area contributed by atoms with Gasteiger partial charge in [0.15, 0.2) is 5.16 Å². The van der Waals surface area contributed by atoms with Crippen LogP contribution in [-0.4, -0.2) is 28.3 Å². The number of anilines is 1. The molecule has 0 fully saturated rings. The van der Waals surface area contributed by atoms with Crippen molar-refractivity contribution in [3.05, 3.63) is 81.5 Å². The lowest BCUT2D eigenvalue weighted by molar-refractivity contribution is -0.113. The predicted octanol–water partition coefficient (Wildman–Crippen LogP) is 4.81. The van der Waals surface area contributed by atoms with Gasteiger partial charge in [-0.2, -0.15) is 0 Å². The molecular weight excluding hydrogens is 442 g/mol. The molecule has 0 bridgehead atoms. The highest BCUT2D eigenvalue weighted by molar-refractivity contribution is 7.99. The average Bonchev–Trinajstić information content (AvgIpc) is 3.29. The molecule has 0 aliphatic heterocycles. The lowest BCUT2D eigenvalue weighted by atomic mass is 10.1. The van der Waals surface area contributed by atoms with Gasteiger partial charge in [0.1, 0.15) is 10.4 Å². The molecule has 164 valence electrons. The smallest absolute Gasteiger partial charge is 0.272 e. The first-order chi connectivity index (χ1) is 15.6. The Bertz CT molecular complexity index is 1300. The van der Waals surface area contributed by atoms with Crippen LogP contribution in [0.3, 0.4) is 0 Å². The molecular formula is C24H23N3O3S2. The second-order valence-corrected chi connectivity index (χ2v) is 9.02. The van der Waals surface area contributed by atoms with Crippen LogP contribution in [0.1, 0.15) is 18.1 Å². The molecule has 0 radical (unpaired) electrons. The summed E-state index contributed by atoms with van der Waals surface area (Å²) >= 11 is 2.64. The standard InChI is InChI=1S/C24H23N3O3S2/c1-3-16-5-4-6-18(13-16)25-21(28)15-32-24-26-20-11-12-31-22(20)23(29)27(24)14-17-7-9-19(30-2)10-8-17/h4-13H,3,14-15H2,1-2H3,(H,25,28). The fraction of sp³-hybridized carbons (Fsp3) is 0.208. The topological polar surface area (TPSA) is 73.2 Å². The van der Waals surface area contributed by atoms with Crippen LogP contribution in [0.25, 0.3) is 10.2 Å². The first-order valence-electron chi connectivity index (χ1n) is 10.2. The number of nitrogens with one attached hydrogen (secondary N) is 1. The van der Waals surface area contributed by atoms with Crippen LogP contribution in [0, 0.1) is 0 Å². The number of aryl methyl sites for hydroxylation is 1. The highest BCUT2D eigenvalue weighted by Crippen LogP contribution is 2.23. The van der Waals surface area contributed by atoms with Crippen LogP contribution in [0.2, 0.25) is 0 Å². The maximum absolute atomic E-state index is 13.1. The second kappa shape index (κ2) is 10.0. The summed E-state index contributed by atoms with van der Waals surface area (Å²) in [6.07, 6.45) is 0.903. The number of methoxy groups -OCH3 is 1.